The van der Waals surface area contributed by atoms with E-state index in [1.165, 1.54) is 36.4 Å². The summed E-state index contributed by atoms with van der Waals surface area (Å²) >= 11 is 0. The van der Waals surface area contributed by atoms with Crippen LogP contribution in [0.3, 0.4) is 0 Å². The Morgan fingerprint density at radius 1 is 1.00 bits per heavy atom. The van der Waals surface area contributed by atoms with Crippen molar-refractivity contribution in [3.05, 3.63) is 108 Å². The fraction of sp³-hybridized carbons (Fsp3) is 0.100. The van der Waals surface area contributed by atoms with Crippen LogP contribution >= 0.6 is 0 Å². The molecule has 2 amide bonds. The van der Waals surface area contributed by atoms with Crippen LogP contribution in [0.15, 0.2) is 91.2 Å². The minimum absolute atomic E-state index is 0.0662. The molecule has 0 saturated carbocycles. The third-order valence-electron chi connectivity index (χ3n) is 6.60. The second-order valence-electron chi connectivity index (χ2n) is 9.48. The number of rotatable bonds is 7. The molecule has 0 fully saturated rings. The van der Waals surface area contributed by atoms with Crippen molar-refractivity contribution >= 4 is 28.8 Å². The number of ketones is 1. The van der Waals surface area contributed by atoms with Crippen molar-refractivity contribution < 1.29 is 27.9 Å². The van der Waals surface area contributed by atoms with Gasteiger partial charge in [-0.2, -0.15) is 5.10 Å². The molecule has 1 aliphatic rings. The zero-order chi connectivity index (χ0) is 28.7. The number of amides is 2. The summed E-state index contributed by atoms with van der Waals surface area (Å²) in [5.41, 5.74) is 2.31. The third-order valence-corrected chi connectivity index (χ3v) is 6.60. The Hall–Kier alpha value is -5.45. The van der Waals surface area contributed by atoms with E-state index < -0.39 is 29.2 Å². The summed E-state index contributed by atoms with van der Waals surface area (Å²) in [4.78, 5) is 43.6. The lowest BCUT2D eigenvalue weighted by Crippen LogP contribution is -2.42. The number of aromatic nitrogens is 4. The lowest BCUT2D eigenvalue weighted by atomic mass is 9.98. The fourth-order valence-corrected chi connectivity index (χ4v) is 4.60. The van der Waals surface area contributed by atoms with Gasteiger partial charge in [0.05, 0.1) is 29.5 Å². The summed E-state index contributed by atoms with van der Waals surface area (Å²) in [6.07, 6.45) is 7.71. The topological polar surface area (TPSA) is 98.8 Å². The Morgan fingerprint density at radius 3 is 2.54 bits per heavy atom. The zero-order valence-electron chi connectivity index (χ0n) is 21.6. The Kier molecular flexibility index (Phi) is 6.46. The van der Waals surface area contributed by atoms with E-state index in [1.807, 2.05) is 13.2 Å². The monoisotopic (exact) mass is 553 g/mol. The van der Waals surface area contributed by atoms with Gasteiger partial charge in [0.1, 0.15) is 11.3 Å². The Bertz CT molecular complexity index is 1870. The molecule has 0 radical (unpaired) electrons. The number of fused-ring (bicyclic) bond motifs is 1. The minimum Gasteiger partial charge on any atom is -0.452 e. The van der Waals surface area contributed by atoms with Gasteiger partial charge in [-0.05, 0) is 54.1 Å². The number of hydrogen-bond donors (Lipinski definition) is 0. The average molecular weight is 554 g/mol. The van der Waals surface area contributed by atoms with Gasteiger partial charge in [0.25, 0.3) is 5.91 Å². The molecule has 3 aromatic heterocycles. The van der Waals surface area contributed by atoms with Gasteiger partial charge in [-0.1, -0.05) is 12.1 Å². The molecule has 11 heteroatoms. The summed E-state index contributed by atoms with van der Waals surface area (Å²) in [5.74, 6) is -2.86. The maximum atomic E-state index is 15.2. The molecule has 0 bridgehead atoms. The molecule has 4 heterocycles. The van der Waals surface area contributed by atoms with Crippen LogP contribution in [0.5, 0.6) is 11.5 Å². The molecular weight excluding hydrogens is 532 g/mol. The number of carbonyl (C=O) groups is 3. The summed E-state index contributed by atoms with van der Waals surface area (Å²) in [6.45, 7) is 0. The molecular formula is C30H21F2N5O4. The number of pyridine rings is 1. The molecule has 0 unspecified atom stereocenters. The average Bonchev–Trinajstić information content (AvgIpc) is 3.60. The SMILES string of the molecule is Cn1cnc(-c2cc(Oc3ccc(CC(=O)C4=CCC(=O)N(c5ccc(F)cc5)C4=O)cc3F)c3ccnn3c2)c1. The summed E-state index contributed by atoms with van der Waals surface area (Å²) in [7, 11) is 1.85. The van der Waals surface area contributed by atoms with E-state index >= 15 is 4.39 Å². The number of Topliss-reactive ketones (excluding diaryl/α,β-unsaturated/α-hetero) is 1. The number of benzene rings is 2. The normalized spacial score (nSPS) is 13.5. The molecule has 204 valence electrons. The molecule has 0 aliphatic carbocycles. The van der Waals surface area contributed by atoms with Gasteiger partial charge in [0.2, 0.25) is 5.91 Å². The molecule has 6 rings (SSSR count). The van der Waals surface area contributed by atoms with Gasteiger partial charge in [0.15, 0.2) is 23.1 Å². The Morgan fingerprint density at radius 2 is 1.80 bits per heavy atom. The Labute approximate surface area is 231 Å². The number of halogens is 2. The number of anilines is 1. The quantitative estimate of drug-likeness (QED) is 0.212. The van der Waals surface area contributed by atoms with Gasteiger partial charge in [-0.15, -0.1) is 0 Å². The smallest absolute Gasteiger partial charge is 0.268 e. The van der Waals surface area contributed by atoms with Crippen molar-refractivity contribution in [2.45, 2.75) is 12.8 Å². The highest BCUT2D eigenvalue weighted by atomic mass is 19.1. The van der Waals surface area contributed by atoms with Crippen molar-refractivity contribution in [2.24, 2.45) is 7.05 Å². The number of carbonyl (C=O) groups excluding carboxylic acids is 3. The Balaban J connectivity index is 1.21. The van der Waals surface area contributed by atoms with Crippen LogP contribution in [0.2, 0.25) is 0 Å². The number of ether oxygens (including phenoxy) is 1. The first-order valence-corrected chi connectivity index (χ1v) is 12.5. The maximum absolute atomic E-state index is 15.2. The second kappa shape index (κ2) is 10.3. The van der Waals surface area contributed by atoms with Crippen LogP contribution in [-0.4, -0.2) is 36.8 Å². The summed E-state index contributed by atoms with van der Waals surface area (Å²) < 4.78 is 37.9. The van der Waals surface area contributed by atoms with Crippen LogP contribution < -0.4 is 9.64 Å². The van der Waals surface area contributed by atoms with E-state index in [0.29, 0.717) is 22.5 Å². The molecule has 0 atom stereocenters. The van der Waals surface area contributed by atoms with E-state index in [0.717, 1.165) is 22.6 Å². The van der Waals surface area contributed by atoms with Crippen molar-refractivity contribution in [2.75, 3.05) is 4.90 Å². The minimum atomic E-state index is -0.809. The van der Waals surface area contributed by atoms with Crippen LogP contribution in [0.1, 0.15) is 12.0 Å². The fourth-order valence-electron chi connectivity index (χ4n) is 4.60. The lowest BCUT2D eigenvalue weighted by molar-refractivity contribution is -0.126. The highest BCUT2D eigenvalue weighted by molar-refractivity contribution is 6.33. The van der Waals surface area contributed by atoms with Gasteiger partial charge >= 0.3 is 0 Å². The molecule has 5 aromatic rings. The van der Waals surface area contributed by atoms with Gasteiger partial charge in [-0.25, -0.2) is 23.2 Å². The number of hydrogen-bond acceptors (Lipinski definition) is 6. The van der Waals surface area contributed by atoms with E-state index in [2.05, 4.69) is 10.1 Å². The molecule has 41 heavy (non-hydrogen) atoms. The van der Waals surface area contributed by atoms with Gasteiger partial charge in [-0.3, -0.25) is 14.4 Å². The van der Waals surface area contributed by atoms with Crippen molar-refractivity contribution in [3.63, 3.8) is 0 Å². The second-order valence-corrected chi connectivity index (χ2v) is 9.48. The standard InChI is InChI=1S/C30H21F2N5O4/c1-35-16-24(33-17-35)19-14-28(25-10-11-34-36(25)15-19)41-27-8-2-18(12-23(27)32)13-26(38)22-7-9-29(39)37(30(22)40)21-5-3-20(31)4-6-21/h2-8,10-12,14-17H,9,13H2,1H3. The lowest BCUT2D eigenvalue weighted by Gasteiger charge is -2.25. The predicted octanol–water partition coefficient (Wildman–Crippen LogP) is 4.81. The highest BCUT2D eigenvalue weighted by Gasteiger charge is 2.33. The van der Waals surface area contributed by atoms with Gasteiger partial charge < -0.3 is 9.30 Å². The van der Waals surface area contributed by atoms with Crippen LogP contribution in [0.25, 0.3) is 16.8 Å². The molecule has 0 spiro atoms. The molecule has 0 saturated heterocycles. The largest absolute Gasteiger partial charge is 0.452 e. The number of nitrogens with zero attached hydrogens (tertiary/aromatic N) is 5. The highest BCUT2D eigenvalue weighted by Crippen LogP contribution is 2.32. The third kappa shape index (κ3) is 5.00. The van der Waals surface area contributed by atoms with Crippen LogP contribution in [-0.2, 0) is 27.9 Å². The van der Waals surface area contributed by atoms with Gasteiger partial charge in [0, 0.05) is 37.8 Å². The number of imide groups is 1. The first-order valence-electron chi connectivity index (χ1n) is 12.5. The first kappa shape index (κ1) is 25.8. The molecule has 2 aromatic carbocycles. The van der Waals surface area contributed by atoms with Crippen molar-refractivity contribution in [3.8, 4) is 22.8 Å². The molecule has 9 nitrogen and oxygen atoms in total. The van der Waals surface area contributed by atoms with E-state index in [1.54, 1.807) is 39.9 Å². The summed E-state index contributed by atoms with van der Waals surface area (Å²) in [6, 6.07) is 12.4. The van der Waals surface area contributed by atoms with Crippen molar-refractivity contribution in [1.82, 2.24) is 19.2 Å². The van der Waals surface area contributed by atoms with Crippen LogP contribution in [0.4, 0.5) is 14.5 Å². The first-order chi connectivity index (χ1) is 19.8. The number of imidazole rings is 1. The van der Waals surface area contributed by atoms with Crippen LogP contribution in [0, 0.1) is 11.6 Å². The number of aryl methyl sites for hydroxylation is 1. The molecule has 1 aliphatic heterocycles. The van der Waals surface area contributed by atoms with E-state index in [9.17, 15) is 18.8 Å². The predicted molar refractivity (Wildman–Crippen MR) is 144 cm³/mol. The van der Waals surface area contributed by atoms with E-state index in [4.69, 9.17) is 4.74 Å². The maximum Gasteiger partial charge on any atom is 0.268 e. The van der Waals surface area contributed by atoms with E-state index in [-0.39, 0.29) is 29.9 Å². The molecule has 0 N–H and O–H groups in total. The zero-order valence-corrected chi connectivity index (χ0v) is 21.6. The van der Waals surface area contributed by atoms with Crippen molar-refractivity contribution in [1.29, 1.82) is 0 Å². The summed E-state index contributed by atoms with van der Waals surface area (Å²) in [5, 5.41) is 4.26.